The van der Waals surface area contributed by atoms with E-state index in [0.29, 0.717) is 0 Å². The fourth-order valence-corrected chi connectivity index (χ4v) is 4.33. The molecule has 1 aliphatic heterocycles. The van der Waals surface area contributed by atoms with Crippen LogP contribution in [0.5, 0.6) is 11.5 Å². The first-order valence-electron chi connectivity index (χ1n) is 8.41. The molecule has 4 rings (SSSR count). The zero-order chi connectivity index (χ0) is 19.0. The van der Waals surface area contributed by atoms with Gasteiger partial charge < -0.3 is 14.8 Å². The lowest BCUT2D eigenvalue weighted by Gasteiger charge is -2.19. The SMILES string of the molecule is COc1ccc(-[n+]2c(S)[nH]c(C)c2C2=CSc3cc(OC)ccc3N2)cc1. The maximum Gasteiger partial charge on any atom is 0.318 e. The van der Waals surface area contributed by atoms with Crippen molar-refractivity contribution >= 4 is 35.8 Å². The molecule has 3 aromatic rings. The maximum atomic E-state index is 5.32. The molecule has 5 nitrogen and oxygen atoms in total. The zero-order valence-corrected chi connectivity index (χ0v) is 16.9. The van der Waals surface area contributed by atoms with Crippen LogP contribution in [0.4, 0.5) is 5.69 Å². The Kier molecular flexibility index (Phi) is 4.80. The number of fused-ring (bicyclic) bond motifs is 1. The predicted octanol–water partition coefficient (Wildman–Crippen LogP) is 4.42. The summed E-state index contributed by atoms with van der Waals surface area (Å²) in [6.07, 6.45) is 0. The molecular weight excluding hydrogens is 378 g/mol. The Morgan fingerprint density at radius 1 is 1.00 bits per heavy atom. The van der Waals surface area contributed by atoms with Crippen molar-refractivity contribution in [3.8, 4) is 17.2 Å². The quantitative estimate of drug-likeness (QED) is 0.450. The van der Waals surface area contributed by atoms with Crippen LogP contribution in [0.1, 0.15) is 11.4 Å². The number of aromatic nitrogens is 2. The summed E-state index contributed by atoms with van der Waals surface area (Å²) in [7, 11) is 3.34. The molecule has 0 radical (unpaired) electrons. The van der Waals surface area contributed by atoms with E-state index in [1.165, 1.54) is 0 Å². The highest BCUT2D eigenvalue weighted by Gasteiger charge is 2.27. The highest BCUT2D eigenvalue weighted by Crippen LogP contribution is 2.39. The minimum absolute atomic E-state index is 0.765. The number of rotatable bonds is 4. The molecular formula is C20H20N3O2S2+. The topological polar surface area (TPSA) is 50.2 Å². The lowest BCUT2D eigenvalue weighted by molar-refractivity contribution is -0.637. The smallest absolute Gasteiger partial charge is 0.318 e. The van der Waals surface area contributed by atoms with Crippen molar-refractivity contribution in [3.63, 3.8) is 0 Å². The number of aromatic amines is 1. The Morgan fingerprint density at radius 2 is 1.70 bits per heavy atom. The fraction of sp³-hybridized carbons (Fsp3) is 0.150. The number of H-pyrrole nitrogens is 1. The molecule has 0 spiro atoms. The number of aryl methyl sites for hydroxylation is 1. The minimum atomic E-state index is 0.765. The number of methoxy groups -OCH3 is 2. The first-order valence-corrected chi connectivity index (χ1v) is 9.73. The van der Waals surface area contributed by atoms with Crippen LogP contribution in [-0.4, -0.2) is 19.2 Å². The summed E-state index contributed by atoms with van der Waals surface area (Å²) in [5, 5.41) is 6.42. The van der Waals surface area contributed by atoms with Crippen molar-refractivity contribution in [2.24, 2.45) is 0 Å². The second-order valence-electron chi connectivity index (χ2n) is 6.09. The van der Waals surface area contributed by atoms with E-state index in [2.05, 4.69) is 32.9 Å². The molecule has 0 bridgehead atoms. The normalized spacial score (nSPS) is 12.8. The summed E-state index contributed by atoms with van der Waals surface area (Å²) in [5.41, 5.74) is 5.16. The van der Waals surface area contributed by atoms with Crippen molar-refractivity contribution < 1.29 is 14.0 Å². The van der Waals surface area contributed by atoms with Gasteiger partial charge in [-0.2, -0.15) is 4.57 Å². The Balaban J connectivity index is 1.75. The van der Waals surface area contributed by atoms with Crippen LogP contribution in [-0.2, 0) is 0 Å². The van der Waals surface area contributed by atoms with Gasteiger partial charge in [0, 0.05) is 17.2 Å². The Bertz CT molecular complexity index is 1030. The van der Waals surface area contributed by atoms with Crippen LogP contribution in [0.15, 0.2) is 57.9 Å². The molecule has 2 heterocycles. The maximum absolute atomic E-state index is 5.32. The van der Waals surface area contributed by atoms with Gasteiger partial charge in [0.2, 0.25) is 0 Å². The number of anilines is 1. The third-order valence-electron chi connectivity index (χ3n) is 4.44. The van der Waals surface area contributed by atoms with Crippen molar-refractivity contribution in [2.75, 3.05) is 19.5 Å². The minimum Gasteiger partial charge on any atom is -0.497 e. The molecule has 0 aliphatic carbocycles. The van der Waals surface area contributed by atoms with Crippen LogP contribution in [0.3, 0.4) is 0 Å². The van der Waals surface area contributed by atoms with Crippen LogP contribution in [0, 0.1) is 6.92 Å². The summed E-state index contributed by atoms with van der Waals surface area (Å²) in [6, 6.07) is 14.0. The molecule has 0 amide bonds. The molecule has 1 aromatic heterocycles. The summed E-state index contributed by atoms with van der Waals surface area (Å²) < 4.78 is 12.7. The number of nitrogens with one attached hydrogen (secondary N) is 2. The van der Waals surface area contributed by atoms with E-state index in [1.54, 1.807) is 26.0 Å². The molecule has 0 unspecified atom stereocenters. The first kappa shape index (κ1) is 17.9. The standard InChI is InChI=1S/C20H19N3O2S2/c1-12-19(17-11-27-18-10-15(25-3)8-9-16(18)22-17)23(20(26)21-12)13-4-6-14(24-2)7-5-13/h4-11,22H,1-3H3,(H,21,26)/p+1. The molecule has 0 saturated heterocycles. The van der Waals surface area contributed by atoms with E-state index in [1.807, 2.05) is 49.4 Å². The zero-order valence-electron chi connectivity index (χ0n) is 15.2. The Hall–Kier alpha value is -2.51. The average Bonchev–Trinajstić information content (AvgIpc) is 3.00. The van der Waals surface area contributed by atoms with Crippen molar-refractivity contribution in [3.05, 3.63) is 59.3 Å². The molecule has 27 heavy (non-hydrogen) atoms. The van der Waals surface area contributed by atoms with Gasteiger partial charge in [-0.25, -0.2) is 4.98 Å². The van der Waals surface area contributed by atoms with Crippen LogP contribution >= 0.6 is 24.4 Å². The molecule has 138 valence electrons. The third-order valence-corrected chi connectivity index (χ3v) is 5.69. The van der Waals surface area contributed by atoms with Gasteiger partial charge in [0.05, 0.1) is 25.6 Å². The van der Waals surface area contributed by atoms with Gasteiger partial charge >= 0.3 is 5.16 Å². The average molecular weight is 399 g/mol. The summed E-state index contributed by atoms with van der Waals surface area (Å²) >= 11 is 6.32. The predicted molar refractivity (Wildman–Crippen MR) is 111 cm³/mol. The van der Waals surface area contributed by atoms with E-state index in [0.717, 1.165) is 50.0 Å². The number of imidazole rings is 1. The van der Waals surface area contributed by atoms with Gasteiger partial charge in [-0.15, -0.1) is 0 Å². The van der Waals surface area contributed by atoms with Crippen LogP contribution in [0.2, 0.25) is 0 Å². The fourth-order valence-electron chi connectivity index (χ4n) is 3.10. The van der Waals surface area contributed by atoms with E-state index in [-0.39, 0.29) is 0 Å². The highest BCUT2D eigenvalue weighted by molar-refractivity contribution is 8.02. The number of hydrogen-bond acceptors (Lipinski definition) is 5. The number of thiol groups is 1. The van der Waals surface area contributed by atoms with Crippen molar-refractivity contribution in [2.45, 2.75) is 17.0 Å². The number of hydrogen-bond donors (Lipinski definition) is 3. The highest BCUT2D eigenvalue weighted by atomic mass is 32.2. The van der Waals surface area contributed by atoms with Gasteiger partial charge in [0.25, 0.3) is 0 Å². The van der Waals surface area contributed by atoms with E-state index >= 15 is 0 Å². The Labute approximate surface area is 167 Å². The molecule has 0 saturated carbocycles. The lowest BCUT2D eigenvalue weighted by Crippen LogP contribution is -2.36. The van der Waals surface area contributed by atoms with Gasteiger partial charge in [-0.05, 0) is 42.5 Å². The number of ether oxygens (including phenoxy) is 2. The molecule has 0 fully saturated rings. The monoisotopic (exact) mass is 398 g/mol. The number of thioether (sulfide) groups is 1. The van der Waals surface area contributed by atoms with Crippen LogP contribution < -0.4 is 19.4 Å². The lowest BCUT2D eigenvalue weighted by atomic mass is 10.2. The molecule has 0 atom stereocenters. The van der Waals surface area contributed by atoms with Gasteiger partial charge in [0.15, 0.2) is 5.69 Å². The molecule has 2 N–H and O–H groups in total. The molecule has 1 aliphatic rings. The summed E-state index contributed by atoms with van der Waals surface area (Å²) in [5.74, 6) is 1.67. The largest absolute Gasteiger partial charge is 0.497 e. The second kappa shape index (κ2) is 7.25. The third kappa shape index (κ3) is 3.28. The number of benzene rings is 2. The van der Waals surface area contributed by atoms with Crippen LogP contribution in [0.25, 0.3) is 11.4 Å². The van der Waals surface area contributed by atoms with E-state index in [4.69, 9.17) is 9.47 Å². The van der Waals surface area contributed by atoms with E-state index in [9.17, 15) is 0 Å². The first-order chi connectivity index (χ1) is 13.1. The van der Waals surface area contributed by atoms with Gasteiger partial charge in [-0.3, -0.25) is 0 Å². The second-order valence-corrected chi connectivity index (χ2v) is 7.43. The molecule has 2 aromatic carbocycles. The molecule has 7 heteroatoms. The van der Waals surface area contributed by atoms with Crippen molar-refractivity contribution in [1.29, 1.82) is 0 Å². The Morgan fingerprint density at radius 3 is 2.41 bits per heavy atom. The number of nitrogens with zero attached hydrogens (tertiary/aromatic N) is 1. The van der Waals surface area contributed by atoms with Crippen molar-refractivity contribution in [1.82, 2.24) is 4.98 Å². The summed E-state index contributed by atoms with van der Waals surface area (Å²) in [4.78, 5) is 4.46. The van der Waals surface area contributed by atoms with E-state index < -0.39 is 0 Å². The summed E-state index contributed by atoms with van der Waals surface area (Å²) in [6.45, 7) is 2.05. The van der Waals surface area contributed by atoms with Gasteiger partial charge in [-0.1, -0.05) is 24.4 Å². The van der Waals surface area contributed by atoms with Gasteiger partial charge in [0.1, 0.15) is 22.9 Å².